The maximum atomic E-state index is 6.36. The van der Waals surface area contributed by atoms with Crippen LogP contribution in [0.1, 0.15) is 29.0 Å². The zero-order chi connectivity index (χ0) is 14.8. The smallest absolute Gasteiger partial charge is 0.0395 e. The minimum absolute atomic E-state index is 0.345. The van der Waals surface area contributed by atoms with Crippen molar-refractivity contribution in [2.45, 2.75) is 12.3 Å². The van der Waals surface area contributed by atoms with Crippen molar-refractivity contribution in [1.29, 1.82) is 0 Å². The van der Waals surface area contributed by atoms with E-state index >= 15 is 0 Å². The summed E-state index contributed by atoms with van der Waals surface area (Å²) in [4.78, 5) is 0. The first-order valence-corrected chi connectivity index (χ1v) is 7.27. The van der Waals surface area contributed by atoms with Gasteiger partial charge in [-0.2, -0.15) is 0 Å². The third kappa shape index (κ3) is 2.52. The number of hydrogen-bond donors (Lipinski definition) is 3. The van der Waals surface area contributed by atoms with E-state index in [2.05, 4.69) is 35.6 Å². The Hall–Kier alpha value is -2.26. The maximum absolute atomic E-state index is 6.36. The van der Waals surface area contributed by atoms with E-state index in [1.54, 1.807) is 0 Å². The molecule has 2 aromatic rings. The number of likely N-dealkylation sites (N-methyl/N-ethyl adjacent to an activating group) is 1. The van der Waals surface area contributed by atoms with Gasteiger partial charge in [0.05, 0.1) is 0 Å². The normalized spacial score (nSPS) is 17.7. The van der Waals surface area contributed by atoms with Crippen LogP contribution in [0.5, 0.6) is 0 Å². The van der Waals surface area contributed by atoms with E-state index in [-0.39, 0.29) is 0 Å². The van der Waals surface area contributed by atoms with Gasteiger partial charge in [-0.1, -0.05) is 36.4 Å². The second kappa shape index (κ2) is 5.62. The third-order valence-corrected chi connectivity index (χ3v) is 4.19. The number of hydrogen-bond acceptors (Lipinski definition) is 3. The van der Waals surface area contributed by atoms with Crippen molar-refractivity contribution in [3.63, 3.8) is 0 Å². The molecule has 0 aromatic heterocycles. The van der Waals surface area contributed by atoms with Crippen molar-refractivity contribution < 1.29 is 0 Å². The van der Waals surface area contributed by atoms with Gasteiger partial charge >= 0.3 is 0 Å². The number of benzene rings is 2. The second-order valence-corrected chi connectivity index (χ2v) is 5.56. The first-order chi connectivity index (χ1) is 10.2. The Labute approximate surface area is 125 Å². The predicted molar refractivity (Wildman–Crippen MR) is 88.8 cm³/mol. The summed E-state index contributed by atoms with van der Waals surface area (Å²) in [7, 11) is 1.96. The Kier molecular flexibility index (Phi) is 3.67. The molecule has 1 unspecified atom stereocenters. The molecule has 0 spiro atoms. The molecule has 3 nitrogen and oxygen atoms in total. The Balaban J connectivity index is 2.09. The second-order valence-electron chi connectivity index (χ2n) is 5.56. The van der Waals surface area contributed by atoms with Gasteiger partial charge in [0.25, 0.3) is 0 Å². The number of rotatable bonds is 3. The standard InChI is InChI=1S/C18H21N3/c1-21-11-13-10-17(12-6-8-14(19)9-7-12)15-4-2-3-5-16(15)18(13)20/h2-9,17,21H,10-11,19-20H2,1H3. The Bertz CT molecular complexity index is 671. The van der Waals surface area contributed by atoms with Gasteiger partial charge in [-0.15, -0.1) is 0 Å². The molecule has 0 saturated heterocycles. The van der Waals surface area contributed by atoms with Gasteiger partial charge in [0, 0.05) is 29.4 Å². The van der Waals surface area contributed by atoms with Crippen LogP contribution in [0, 0.1) is 0 Å². The highest BCUT2D eigenvalue weighted by Crippen LogP contribution is 2.40. The molecule has 2 aromatic carbocycles. The average molecular weight is 279 g/mol. The summed E-state index contributed by atoms with van der Waals surface area (Å²) in [6.45, 7) is 0.825. The first kappa shape index (κ1) is 13.7. The summed E-state index contributed by atoms with van der Waals surface area (Å²) in [5.74, 6) is 0.345. The SMILES string of the molecule is CNCC1=C(N)c2ccccc2C(c2ccc(N)cc2)C1. The van der Waals surface area contributed by atoms with Crippen molar-refractivity contribution in [3.05, 3.63) is 70.8 Å². The molecular formula is C18H21N3. The van der Waals surface area contributed by atoms with Crippen LogP contribution in [0.4, 0.5) is 5.69 Å². The van der Waals surface area contributed by atoms with Crippen molar-refractivity contribution >= 4 is 11.4 Å². The van der Waals surface area contributed by atoms with E-state index in [0.717, 1.165) is 29.9 Å². The van der Waals surface area contributed by atoms with E-state index < -0.39 is 0 Å². The molecular weight excluding hydrogens is 258 g/mol. The van der Waals surface area contributed by atoms with Gasteiger partial charge in [0.2, 0.25) is 0 Å². The number of anilines is 1. The topological polar surface area (TPSA) is 64.1 Å². The fraction of sp³-hybridized carbons (Fsp3) is 0.222. The van der Waals surface area contributed by atoms with Crippen LogP contribution in [-0.4, -0.2) is 13.6 Å². The molecule has 1 aliphatic rings. The van der Waals surface area contributed by atoms with Crippen LogP contribution in [0.2, 0.25) is 0 Å². The molecule has 1 aliphatic carbocycles. The molecule has 0 amide bonds. The summed E-state index contributed by atoms with van der Waals surface area (Å²) in [6, 6.07) is 16.6. The molecule has 3 rings (SSSR count). The maximum Gasteiger partial charge on any atom is 0.0395 e. The largest absolute Gasteiger partial charge is 0.399 e. The lowest BCUT2D eigenvalue weighted by molar-refractivity contribution is 0.731. The van der Waals surface area contributed by atoms with Crippen molar-refractivity contribution in [3.8, 4) is 0 Å². The molecule has 0 bridgehead atoms. The average Bonchev–Trinajstić information content (AvgIpc) is 2.51. The van der Waals surface area contributed by atoms with Crippen LogP contribution in [0.25, 0.3) is 5.70 Å². The van der Waals surface area contributed by atoms with Crippen LogP contribution in [-0.2, 0) is 0 Å². The summed E-state index contributed by atoms with van der Waals surface area (Å²) >= 11 is 0. The lowest BCUT2D eigenvalue weighted by Crippen LogP contribution is -2.22. The highest BCUT2D eigenvalue weighted by molar-refractivity contribution is 5.73. The number of nitrogen functional groups attached to an aromatic ring is 1. The minimum Gasteiger partial charge on any atom is -0.399 e. The molecule has 0 saturated carbocycles. The Morgan fingerprint density at radius 2 is 1.76 bits per heavy atom. The van der Waals surface area contributed by atoms with Gasteiger partial charge < -0.3 is 16.8 Å². The van der Waals surface area contributed by atoms with Gasteiger partial charge in [0.1, 0.15) is 0 Å². The van der Waals surface area contributed by atoms with Gasteiger partial charge in [-0.3, -0.25) is 0 Å². The van der Waals surface area contributed by atoms with E-state index in [9.17, 15) is 0 Å². The van der Waals surface area contributed by atoms with Gasteiger partial charge in [0.15, 0.2) is 0 Å². The summed E-state index contributed by atoms with van der Waals surface area (Å²) in [5, 5.41) is 3.22. The summed E-state index contributed by atoms with van der Waals surface area (Å²) < 4.78 is 0. The Morgan fingerprint density at radius 1 is 1.05 bits per heavy atom. The van der Waals surface area contributed by atoms with Crippen molar-refractivity contribution in [1.82, 2.24) is 5.32 Å². The minimum atomic E-state index is 0.345. The molecule has 21 heavy (non-hydrogen) atoms. The van der Waals surface area contributed by atoms with E-state index in [4.69, 9.17) is 11.5 Å². The van der Waals surface area contributed by atoms with Gasteiger partial charge in [-0.25, -0.2) is 0 Å². The first-order valence-electron chi connectivity index (χ1n) is 7.27. The third-order valence-electron chi connectivity index (χ3n) is 4.19. The number of nitrogens with two attached hydrogens (primary N) is 2. The fourth-order valence-corrected chi connectivity index (χ4v) is 3.11. The summed E-state index contributed by atoms with van der Waals surface area (Å²) in [6.07, 6.45) is 0.952. The highest BCUT2D eigenvalue weighted by Gasteiger charge is 2.25. The number of nitrogens with one attached hydrogen (secondary N) is 1. The lowest BCUT2D eigenvalue weighted by atomic mass is 9.77. The molecule has 0 aliphatic heterocycles. The molecule has 3 heteroatoms. The lowest BCUT2D eigenvalue weighted by Gasteiger charge is -2.29. The van der Waals surface area contributed by atoms with Crippen LogP contribution < -0.4 is 16.8 Å². The predicted octanol–water partition coefficient (Wildman–Crippen LogP) is 2.69. The molecule has 5 N–H and O–H groups in total. The molecule has 0 heterocycles. The summed E-state index contributed by atoms with van der Waals surface area (Å²) in [5.41, 5.74) is 18.9. The fourth-order valence-electron chi connectivity index (χ4n) is 3.11. The molecule has 0 fully saturated rings. The molecule has 0 radical (unpaired) electrons. The Morgan fingerprint density at radius 3 is 2.48 bits per heavy atom. The van der Waals surface area contributed by atoms with Crippen molar-refractivity contribution in [2.24, 2.45) is 5.73 Å². The zero-order valence-corrected chi connectivity index (χ0v) is 12.3. The zero-order valence-electron chi connectivity index (χ0n) is 12.3. The van der Waals surface area contributed by atoms with Crippen molar-refractivity contribution in [2.75, 3.05) is 19.3 Å². The highest BCUT2D eigenvalue weighted by atomic mass is 14.8. The monoisotopic (exact) mass is 279 g/mol. The van der Waals surface area contributed by atoms with Gasteiger partial charge in [-0.05, 0) is 42.3 Å². The quantitative estimate of drug-likeness (QED) is 0.757. The van der Waals surface area contributed by atoms with E-state index in [1.165, 1.54) is 16.7 Å². The van der Waals surface area contributed by atoms with Crippen LogP contribution >= 0.6 is 0 Å². The van der Waals surface area contributed by atoms with Crippen LogP contribution in [0.3, 0.4) is 0 Å². The number of fused-ring (bicyclic) bond motifs is 1. The van der Waals surface area contributed by atoms with Crippen LogP contribution in [0.15, 0.2) is 54.1 Å². The molecule has 1 atom stereocenters. The molecule has 108 valence electrons. The van der Waals surface area contributed by atoms with E-state index in [1.807, 2.05) is 25.2 Å². The van der Waals surface area contributed by atoms with E-state index in [0.29, 0.717) is 5.92 Å².